The van der Waals surface area contributed by atoms with Gasteiger partial charge in [0.1, 0.15) is 0 Å². The van der Waals surface area contributed by atoms with Gasteiger partial charge in [-0.15, -0.1) is 48.0 Å². The molecule has 0 N–H and O–H groups in total. The SMILES string of the molecule is [2H]C(C)(C)c1cc(-c2[c-]cc(F)cc2)ncc1[Si](C)(C)C.[2H]C([2H])(c1ccccc1)c1ccc2c(n1)oc1c(-c3nc4ccccc4n3-c3c(C(C)C)cc(C)cc3C(C)C)[c-]ccc12.[Ir]. The summed E-state index contributed by atoms with van der Waals surface area (Å²) < 4.78 is 47.9. The van der Waals surface area contributed by atoms with Crippen molar-refractivity contribution in [3.05, 3.63) is 173 Å². The molecule has 63 heavy (non-hydrogen) atoms. The van der Waals surface area contributed by atoms with Crippen LogP contribution < -0.4 is 5.19 Å². The first-order valence-electron chi connectivity index (χ1n) is 22.8. The topological polar surface area (TPSA) is 56.7 Å². The van der Waals surface area contributed by atoms with E-state index >= 15 is 0 Å². The first kappa shape index (κ1) is 41.5. The number of para-hydroxylation sites is 2. The van der Waals surface area contributed by atoms with Crippen molar-refractivity contribution in [2.75, 3.05) is 0 Å². The maximum absolute atomic E-state index is 13.0. The molecule has 9 rings (SSSR count). The van der Waals surface area contributed by atoms with Crippen LogP contribution in [0.1, 0.15) is 96.9 Å². The van der Waals surface area contributed by atoms with Gasteiger partial charge in [0.25, 0.3) is 0 Å². The Hall–Kier alpha value is -5.53. The first-order valence-corrected chi connectivity index (χ1v) is 24.8. The molecule has 0 spiro atoms. The van der Waals surface area contributed by atoms with Gasteiger partial charge in [-0.2, -0.15) is 0 Å². The molecule has 0 saturated heterocycles. The zero-order chi connectivity index (χ0) is 46.6. The second-order valence-electron chi connectivity index (χ2n) is 17.9. The fourth-order valence-corrected chi connectivity index (χ4v) is 9.68. The third-order valence-corrected chi connectivity index (χ3v) is 13.2. The van der Waals surface area contributed by atoms with E-state index in [9.17, 15) is 4.39 Å². The van der Waals surface area contributed by atoms with Crippen molar-refractivity contribution in [1.82, 2.24) is 19.5 Å². The van der Waals surface area contributed by atoms with Crippen molar-refractivity contribution < 1.29 is 33.0 Å². The molecule has 0 aliphatic heterocycles. The van der Waals surface area contributed by atoms with E-state index in [1.165, 1.54) is 34.0 Å². The van der Waals surface area contributed by atoms with E-state index in [0.717, 1.165) is 55.7 Å². The Balaban J connectivity index is 0.000000249. The Bertz CT molecular complexity index is 3160. The number of imidazole rings is 1. The van der Waals surface area contributed by atoms with E-state index in [2.05, 4.69) is 100 Å². The predicted octanol–water partition coefficient (Wildman–Crippen LogP) is 14.3. The summed E-state index contributed by atoms with van der Waals surface area (Å²) in [6.07, 6.45) is 0.119. The van der Waals surface area contributed by atoms with Crippen molar-refractivity contribution >= 4 is 46.4 Å². The summed E-state index contributed by atoms with van der Waals surface area (Å²) in [7, 11) is -1.57. The van der Waals surface area contributed by atoms with Gasteiger partial charge in [-0.05, 0) is 76.5 Å². The molecule has 0 bridgehead atoms. The standard InChI is InChI=1S/C38H34N3O.C17H21FNSi.Ir/c1-23(2)31-20-25(5)21-32(24(3)4)35(31)41-34-17-10-9-16-33(34)40-37(41)30-15-11-14-28-29-19-18-27(39-38(29)42-36(28)30)22-26-12-7-6-8-13-26;1-12(2)15-10-16(13-6-8-14(18)9-7-13)19-11-17(15)20(3,4)5;/h6-14,16-21,23-24H,22H2,1-5H3;6,8-12H,1-5H3;/q2*-1;/i22D2;12D;. The Morgan fingerprint density at radius 3 is 2.14 bits per heavy atom. The molecular formula is C55H55FIrN4OSi-2. The van der Waals surface area contributed by atoms with Gasteiger partial charge in [-0.25, -0.2) is 4.98 Å². The molecule has 4 aromatic heterocycles. The van der Waals surface area contributed by atoms with Crippen LogP contribution in [-0.4, -0.2) is 27.6 Å². The predicted molar refractivity (Wildman–Crippen MR) is 258 cm³/mol. The second kappa shape index (κ2) is 18.7. The maximum atomic E-state index is 13.0. The van der Waals surface area contributed by atoms with E-state index in [0.29, 0.717) is 34.4 Å². The molecule has 0 atom stereocenters. The summed E-state index contributed by atoms with van der Waals surface area (Å²) in [6, 6.07) is 42.2. The number of hydrogen-bond donors (Lipinski definition) is 0. The number of aromatic nitrogens is 4. The van der Waals surface area contributed by atoms with Crippen molar-refractivity contribution in [3.63, 3.8) is 0 Å². The number of pyridine rings is 2. The first-order chi connectivity index (χ1) is 30.7. The molecule has 0 saturated carbocycles. The van der Waals surface area contributed by atoms with Crippen LogP contribution in [0, 0.1) is 24.9 Å². The minimum absolute atomic E-state index is 0. The van der Waals surface area contributed by atoms with Gasteiger partial charge in [-0.1, -0.05) is 144 Å². The normalized spacial score (nSPS) is 12.9. The Morgan fingerprint density at radius 1 is 0.794 bits per heavy atom. The number of fused-ring (bicyclic) bond motifs is 4. The summed E-state index contributed by atoms with van der Waals surface area (Å²) >= 11 is 0. The maximum Gasteiger partial charge on any atom is 0.216 e. The molecule has 5 aromatic carbocycles. The van der Waals surface area contributed by atoms with Crippen LogP contribution in [0.2, 0.25) is 19.6 Å². The average molecular weight is 1030 g/mol. The monoisotopic (exact) mass is 1030 g/mol. The molecule has 0 aliphatic rings. The fourth-order valence-electron chi connectivity index (χ4n) is 8.10. The van der Waals surface area contributed by atoms with Crippen molar-refractivity contribution in [3.8, 4) is 28.3 Å². The van der Waals surface area contributed by atoms with Gasteiger partial charge in [0.15, 0.2) is 0 Å². The van der Waals surface area contributed by atoms with Gasteiger partial charge in [0, 0.05) is 59.4 Å². The molecule has 9 aromatic rings. The van der Waals surface area contributed by atoms with Gasteiger partial charge < -0.3 is 14.0 Å². The molecule has 4 heterocycles. The Morgan fingerprint density at radius 2 is 1.49 bits per heavy atom. The molecule has 1 radical (unpaired) electrons. The number of benzene rings is 5. The van der Waals surface area contributed by atoms with Crippen molar-refractivity contribution in [1.29, 1.82) is 0 Å². The van der Waals surface area contributed by atoms with Crippen LogP contribution in [0.3, 0.4) is 0 Å². The van der Waals surface area contributed by atoms with Crippen LogP contribution in [0.4, 0.5) is 4.39 Å². The van der Waals surface area contributed by atoms with E-state index in [4.69, 9.17) is 18.5 Å². The average Bonchev–Trinajstić information content (AvgIpc) is 3.84. The van der Waals surface area contributed by atoms with Crippen LogP contribution in [0.5, 0.6) is 0 Å². The number of furan rings is 1. The minimum Gasteiger partial charge on any atom is -0.486 e. The van der Waals surface area contributed by atoms with Crippen molar-refractivity contribution in [2.24, 2.45) is 0 Å². The summed E-state index contributed by atoms with van der Waals surface area (Å²) in [5, 5.41) is 2.92. The van der Waals surface area contributed by atoms with E-state index in [1.54, 1.807) is 24.3 Å². The van der Waals surface area contributed by atoms with E-state index < -0.39 is 20.3 Å². The van der Waals surface area contributed by atoms with E-state index in [1.807, 2.05) is 74.6 Å². The van der Waals surface area contributed by atoms with Gasteiger partial charge in [0.05, 0.1) is 30.5 Å². The number of halogens is 1. The number of rotatable bonds is 9. The third kappa shape index (κ3) is 9.40. The largest absolute Gasteiger partial charge is 0.486 e. The Labute approximate surface area is 390 Å². The van der Waals surface area contributed by atoms with Crippen LogP contribution in [0.25, 0.3) is 61.4 Å². The fraction of sp³-hybridized carbons (Fsp3) is 0.255. The molecule has 0 amide bonds. The molecule has 0 unspecified atom stereocenters. The summed E-state index contributed by atoms with van der Waals surface area (Å²) in [5.74, 6) is 0.351. The van der Waals surface area contributed by atoms with Crippen LogP contribution >= 0.6 is 0 Å². The van der Waals surface area contributed by atoms with Crippen LogP contribution in [0.15, 0.2) is 126 Å². The molecule has 5 nitrogen and oxygen atoms in total. The summed E-state index contributed by atoms with van der Waals surface area (Å²) in [6.45, 7) is 21.7. The molecule has 323 valence electrons. The number of hydrogen-bond acceptors (Lipinski definition) is 4. The molecule has 0 fully saturated rings. The number of nitrogens with zero attached hydrogens (tertiary/aromatic N) is 4. The quantitative estimate of drug-likeness (QED) is 0.107. The summed E-state index contributed by atoms with van der Waals surface area (Å²) in [5.41, 5.74) is 12.0. The van der Waals surface area contributed by atoms with Gasteiger partial charge in [-0.3, -0.25) is 9.37 Å². The zero-order valence-corrected chi connectivity index (χ0v) is 41.0. The molecule has 0 aliphatic carbocycles. The Kier molecular flexibility index (Phi) is 12.3. The molecular weight excluding hydrogens is 972 g/mol. The van der Waals surface area contributed by atoms with Crippen molar-refractivity contribution in [2.45, 2.75) is 92.2 Å². The smallest absolute Gasteiger partial charge is 0.216 e. The molecule has 8 heteroatoms. The number of aryl methyl sites for hydroxylation is 1. The van der Waals surface area contributed by atoms with Gasteiger partial charge >= 0.3 is 0 Å². The zero-order valence-electron chi connectivity index (χ0n) is 40.6. The second-order valence-corrected chi connectivity index (χ2v) is 22.9. The van der Waals surface area contributed by atoms with Crippen LogP contribution in [-0.2, 0) is 26.5 Å². The minimum atomic E-state index is -1.77. The summed E-state index contributed by atoms with van der Waals surface area (Å²) in [4.78, 5) is 14.4. The van der Waals surface area contributed by atoms with E-state index in [-0.39, 0.29) is 25.9 Å². The van der Waals surface area contributed by atoms with Gasteiger partial charge in [0.2, 0.25) is 5.71 Å². The third-order valence-electron chi connectivity index (χ3n) is 11.2.